The Bertz CT molecular complexity index is 637. The van der Waals surface area contributed by atoms with Crippen LogP contribution < -0.4 is 0 Å². The Kier molecular flexibility index (Phi) is 4.17. The summed E-state index contributed by atoms with van der Waals surface area (Å²) in [5.74, 6) is 1.10. The second-order valence-electron chi connectivity index (χ2n) is 5.99. The van der Waals surface area contributed by atoms with E-state index >= 15 is 0 Å². The van der Waals surface area contributed by atoms with Gasteiger partial charge in [0, 0.05) is 23.2 Å². The zero-order chi connectivity index (χ0) is 15.1. The van der Waals surface area contributed by atoms with Crippen LogP contribution in [0.25, 0.3) is 11.3 Å². The van der Waals surface area contributed by atoms with E-state index in [-0.39, 0.29) is 5.41 Å². The molecule has 0 saturated carbocycles. The van der Waals surface area contributed by atoms with E-state index in [1.54, 1.807) is 0 Å². The quantitative estimate of drug-likeness (QED) is 0.718. The van der Waals surface area contributed by atoms with E-state index in [1.165, 1.54) is 0 Å². The van der Waals surface area contributed by atoms with Crippen LogP contribution in [0, 0.1) is 6.92 Å². The van der Waals surface area contributed by atoms with Gasteiger partial charge in [0.1, 0.15) is 5.82 Å². The summed E-state index contributed by atoms with van der Waals surface area (Å²) in [5, 5.41) is 1.13. The highest BCUT2D eigenvalue weighted by Gasteiger charge is 2.24. The minimum Gasteiger partial charge on any atom is -0.332 e. The molecule has 0 unspecified atom stereocenters. The number of aromatic nitrogens is 2. The van der Waals surface area contributed by atoms with E-state index in [1.807, 2.05) is 18.2 Å². The number of rotatable bonds is 2. The molecule has 4 heteroatoms. The van der Waals surface area contributed by atoms with Gasteiger partial charge in [0.2, 0.25) is 0 Å². The Hall–Kier alpha value is -0.990. The van der Waals surface area contributed by atoms with Crippen molar-refractivity contribution in [2.45, 2.75) is 46.6 Å². The Labute approximate surface area is 130 Å². The normalized spacial score (nSPS) is 11.9. The van der Waals surface area contributed by atoms with Crippen LogP contribution in [0.3, 0.4) is 0 Å². The lowest BCUT2D eigenvalue weighted by Gasteiger charge is -2.19. The largest absolute Gasteiger partial charge is 0.332 e. The van der Waals surface area contributed by atoms with Gasteiger partial charge in [-0.1, -0.05) is 50.0 Å². The summed E-state index contributed by atoms with van der Waals surface area (Å²) in [5.41, 5.74) is 3.16. The highest BCUT2D eigenvalue weighted by atomic mass is 35.5. The van der Waals surface area contributed by atoms with Crippen molar-refractivity contribution in [3.8, 4) is 11.3 Å². The molecule has 0 radical (unpaired) electrons. The Morgan fingerprint density at radius 1 is 1.15 bits per heavy atom. The molecule has 1 aromatic carbocycles. The predicted molar refractivity (Wildman–Crippen MR) is 86.8 cm³/mol. The van der Waals surface area contributed by atoms with Crippen molar-refractivity contribution in [3.63, 3.8) is 0 Å². The molecule has 0 aliphatic heterocycles. The first kappa shape index (κ1) is 15.4. The standard InChI is InChI=1S/C16H20Cl2N2/c1-6-20-10(2)14(19-15(20)16(3,4)5)11-7-8-12(17)13(18)9-11/h7-9H,6H2,1-5H3. The zero-order valence-electron chi connectivity index (χ0n) is 12.6. The number of hydrogen-bond donors (Lipinski definition) is 0. The maximum absolute atomic E-state index is 6.12. The number of benzene rings is 1. The van der Waals surface area contributed by atoms with Crippen molar-refractivity contribution in [2.75, 3.05) is 0 Å². The molecule has 0 aliphatic rings. The van der Waals surface area contributed by atoms with Gasteiger partial charge in [0.15, 0.2) is 0 Å². The molecule has 0 spiro atoms. The SMILES string of the molecule is CCn1c(C(C)(C)C)nc(-c2ccc(Cl)c(Cl)c2)c1C. The first-order valence-corrected chi connectivity index (χ1v) is 7.54. The van der Waals surface area contributed by atoms with Crippen LogP contribution >= 0.6 is 23.2 Å². The van der Waals surface area contributed by atoms with Gasteiger partial charge in [-0.3, -0.25) is 0 Å². The highest BCUT2D eigenvalue weighted by Crippen LogP contribution is 2.32. The van der Waals surface area contributed by atoms with Crippen molar-refractivity contribution >= 4 is 23.2 Å². The van der Waals surface area contributed by atoms with E-state index < -0.39 is 0 Å². The Morgan fingerprint density at radius 3 is 2.25 bits per heavy atom. The van der Waals surface area contributed by atoms with Gasteiger partial charge in [-0.05, 0) is 26.0 Å². The smallest absolute Gasteiger partial charge is 0.115 e. The lowest BCUT2D eigenvalue weighted by atomic mass is 9.95. The lowest BCUT2D eigenvalue weighted by molar-refractivity contribution is 0.502. The maximum Gasteiger partial charge on any atom is 0.115 e. The van der Waals surface area contributed by atoms with E-state index in [4.69, 9.17) is 28.2 Å². The van der Waals surface area contributed by atoms with Crippen molar-refractivity contribution in [3.05, 3.63) is 39.8 Å². The van der Waals surface area contributed by atoms with Gasteiger partial charge in [0.05, 0.1) is 15.7 Å². The molecule has 2 nitrogen and oxygen atoms in total. The first-order chi connectivity index (χ1) is 9.25. The summed E-state index contributed by atoms with van der Waals surface area (Å²) in [4.78, 5) is 4.85. The molecule has 1 heterocycles. The Morgan fingerprint density at radius 2 is 1.80 bits per heavy atom. The molecule has 1 aromatic heterocycles. The molecule has 0 atom stereocenters. The van der Waals surface area contributed by atoms with Crippen molar-refractivity contribution in [1.82, 2.24) is 9.55 Å². The molecular weight excluding hydrogens is 291 g/mol. The fourth-order valence-corrected chi connectivity index (χ4v) is 2.71. The minimum absolute atomic E-state index is 0.00917. The van der Waals surface area contributed by atoms with Gasteiger partial charge in [-0.2, -0.15) is 0 Å². The number of hydrogen-bond acceptors (Lipinski definition) is 1. The summed E-state index contributed by atoms with van der Waals surface area (Å²) in [6, 6.07) is 5.67. The van der Waals surface area contributed by atoms with Gasteiger partial charge in [-0.15, -0.1) is 0 Å². The molecule has 20 heavy (non-hydrogen) atoms. The zero-order valence-corrected chi connectivity index (χ0v) is 14.1. The van der Waals surface area contributed by atoms with E-state index in [0.717, 1.165) is 29.3 Å². The summed E-state index contributed by atoms with van der Waals surface area (Å²) in [6.45, 7) is 11.7. The molecule has 2 aromatic rings. The minimum atomic E-state index is 0.00917. The van der Waals surface area contributed by atoms with E-state index in [0.29, 0.717) is 10.0 Å². The van der Waals surface area contributed by atoms with Crippen LogP contribution in [-0.4, -0.2) is 9.55 Å². The molecule has 0 fully saturated rings. The van der Waals surface area contributed by atoms with Crippen LogP contribution in [0.4, 0.5) is 0 Å². The molecule has 0 aliphatic carbocycles. The predicted octanol–water partition coefficient (Wildman–Crippen LogP) is 5.48. The van der Waals surface area contributed by atoms with Crippen LogP contribution in [0.1, 0.15) is 39.2 Å². The summed E-state index contributed by atoms with van der Waals surface area (Å²) in [7, 11) is 0. The molecule has 0 bridgehead atoms. The average Bonchev–Trinajstić information content (AvgIpc) is 2.69. The molecular formula is C16H20Cl2N2. The number of imidazole rings is 1. The third kappa shape index (κ3) is 2.72. The van der Waals surface area contributed by atoms with Crippen molar-refractivity contribution in [2.24, 2.45) is 0 Å². The second-order valence-corrected chi connectivity index (χ2v) is 6.81. The van der Waals surface area contributed by atoms with E-state index in [9.17, 15) is 0 Å². The molecule has 0 amide bonds. The molecule has 2 rings (SSSR count). The fourth-order valence-electron chi connectivity index (χ4n) is 2.41. The summed E-state index contributed by atoms with van der Waals surface area (Å²) >= 11 is 12.1. The Balaban J connectivity index is 2.63. The first-order valence-electron chi connectivity index (χ1n) is 6.78. The third-order valence-electron chi connectivity index (χ3n) is 3.40. The van der Waals surface area contributed by atoms with Gasteiger partial charge in [0.25, 0.3) is 0 Å². The van der Waals surface area contributed by atoms with Crippen molar-refractivity contribution in [1.29, 1.82) is 0 Å². The molecule has 108 valence electrons. The fraction of sp³-hybridized carbons (Fsp3) is 0.438. The van der Waals surface area contributed by atoms with Crippen LogP contribution in [0.2, 0.25) is 10.0 Å². The topological polar surface area (TPSA) is 17.8 Å². The second kappa shape index (κ2) is 5.42. The monoisotopic (exact) mass is 310 g/mol. The van der Waals surface area contributed by atoms with Crippen LogP contribution in [0.15, 0.2) is 18.2 Å². The van der Waals surface area contributed by atoms with Crippen LogP contribution in [0.5, 0.6) is 0 Å². The van der Waals surface area contributed by atoms with E-state index in [2.05, 4.69) is 39.2 Å². The van der Waals surface area contributed by atoms with Gasteiger partial charge < -0.3 is 4.57 Å². The highest BCUT2D eigenvalue weighted by molar-refractivity contribution is 6.42. The molecule has 0 N–H and O–H groups in total. The average molecular weight is 311 g/mol. The third-order valence-corrected chi connectivity index (χ3v) is 4.14. The van der Waals surface area contributed by atoms with Crippen molar-refractivity contribution < 1.29 is 0 Å². The number of nitrogens with zero attached hydrogens (tertiary/aromatic N) is 2. The maximum atomic E-state index is 6.12. The van der Waals surface area contributed by atoms with Crippen LogP contribution in [-0.2, 0) is 12.0 Å². The summed E-state index contributed by atoms with van der Waals surface area (Å²) in [6.07, 6.45) is 0. The number of halogens is 2. The van der Waals surface area contributed by atoms with Gasteiger partial charge >= 0.3 is 0 Å². The summed E-state index contributed by atoms with van der Waals surface area (Å²) < 4.78 is 2.26. The molecule has 0 saturated heterocycles. The lowest BCUT2D eigenvalue weighted by Crippen LogP contribution is -2.19. The van der Waals surface area contributed by atoms with Gasteiger partial charge in [-0.25, -0.2) is 4.98 Å².